The minimum atomic E-state index is -0.912. The van der Waals surface area contributed by atoms with E-state index in [1.54, 1.807) is 12.3 Å². The summed E-state index contributed by atoms with van der Waals surface area (Å²) in [5, 5.41) is 5.40. The second-order valence-electron chi connectivity index (χ2n) is 7.77. The zero-order valence-electron chi connectivity index (χ0n) is 19.6. The number of carbonyl (C=O) groups is 3. The largest absolute Gasteiger partial charge is 0.467 e. The third kappa shape index (κ3) is 8.22. The Morgan fingerprint density at radius 2 is 1.66 bits per heavy atom. The van der Waals surface area contributed by atoms with Crippen LogP contribution in [0.2, 0.25) is 0 Å². The number of hydrogen-bond donors (Lipinski definition) is 2. The highest BCUT2D eigenvalue weighted by Crippen LogP contribution is 2.16. The van der Waals surface area contributed by atoms with Crippen LogP contribution >= 0.6 is 11.8 Å². The molecule has 0 aliphatic heterocycles. The van der Waals surface area contributed by atoms with Crippen LogP contribution in [0.15, 0.2) is 72.9 Å². The Kier molecular flexibility index (Phi) is 9.80. The monoisotopic (exact) mass is 492 g/mol. The van der Waals surface area contributed by atoms with Crippen LogP contribution < -0.4 is 10.6 Å². The van der Waals surface area contributed by atoms with E-state index < -0.39 is 24.0 Å². The SMILES string of the molecule is COC(=O)[C@H](CSCc1ccccc1)NC(=O)C(Cc1cccc(-c2ccccn2)n1)NC(C)=O. The molecule has 3 aromatic rings. The minimum Gasteiger partial charge on any atom is -0.467 e. The van der Waals surface area contributed by atoms with Crippen LogP contribution in [-0.2, 0) is 31.3 Å². The van der Waals surface area contributed by atoms with Crippen LogP contribution in [0.25, 0.3) is 11.4 Å². The molecule has 0 saturated heterocycles. The van der Waals surface area contributed by atoms with Gasteiger partial charge in [0.15, 0.2) is 0 Å². The van der Waals surface area contributed by atoms with Crippen LogP contribution in [0.4, 0.5) is 0 Å². The van der Waals surface area contributed by atoms with Gasteiger partial charge >= 0.3 is 5.97 Å². The van der Waals surface area contributed by atoms with Gasteiger partial charge in [-0.05, 0) is 29.8 Å². The van der Waals surface area contributed by atoms with E-state index in [2.05, 4.69) is 20.6 Å². The predicted molar refractivity (Wildman–Crippen MR) is 135 cm³/mol. The molecule has 2 amide bonds. The summed E-state index contributed by atoms with van der Waals surface area (Å²) < 4.78 is 4.89. The average Bonchev–Trinajstić information content (AvgIpc) is 2.88. The molecular weight excluding hydrogens is 464 g/mol. The van der Waals surface area contributed by atoms with Crippen LogP contribution in [-0.4, -0.2) is 52.7 Å². The van der Waals surface area contributed by atoms with Gasteiger partial charge < -0.3 is 15.4 Å². The molecule has 0 radical (unpaired) electrons. The summed E-state index contributed by atoms with van der Waals surface area (Å²) in [4.78, 5) is 46.2. The molecule has 0 aliphatic rings. The van der Waals surface area contributed by atoms with Gasteiger partial charge in [0.1, 0.15) is 12.1 Å². The number of carbonyl (C=O) groups excluding carboxylic acids is 3. The smallest absolute Gasteiger partial charge is 0.329 e. The van der Waals surface area contributed by atoms with Crippen molar-refractivity contribution >= 4 is 29.5 Å². The van der Waals surface area contributed by atoms with Crippen molar-refractivity contribution in [3.63, 3.8) is 0 Å². The second-order valence-corrected chi connectivity index (χ2v) is 8.80. The first kappa shape index (κ1) is 25.9. The number of methoxy groups -OCH3 is 1. The lowest BCUT2D eigenvalue weighted by atomic mass is 10.1. The van der Waals surface area contributed by atoms with Gasteiger partial charge in [-0.1, -0.05) is 42.5 Å². The van der Waals surface area contributed by atoms with Gasteiger partial charge in [-0.25, -0.2) is 4.79 Å². The molecular formula is C26H28N4O4S. The molecule has 0 fully saturated rings. The van der Waals surface area contributed by atoms with Crippen molar-refractivity contribution in [1.29, 1.82) is 0 Å². The summed E-state index contributed by atoms with van der Waals surface area (Å²) in [6, 6.07) is 19.0. The second kappa shape index (κ2) is 13.2. The Morgan fingerprint density at radius 3 is 2.34 bits per heavy atom. The molecule has 9 heteroatoms. The Balaban J connectivity index is 1.69. The van der Waals surface area contributed by atoms with E-state index in [4.69, 9.17) is 4.74 Å². The Hall–Kier alpha value is -3.72. The number of esters is 1. The number of nitrogens with zero attached hydrogens (tertiary/aromatic N) is 2. The number of aromatic nitrogens is 2. The summed E-state index contributed by atoms with van der Waals surface area (Å²) in [5.74, 6) is -0.382. The third-order valence-electron chi connectivity index (χ3n) is 5.04. The van der Waals surface area contributed by atoms with E-state index in [0.717, 1.165) is 5.56 Å². The number of pyridine rings is 2. The fourth-order valence-corrected chi connectivity index (χ4v) is 4.37. The van der Waals surface area contributed by atoms with Crippen molar-refractivity contribution in [3.8, 4) is 11.4 Å². The van der Waals surface area contributed by atoms with E-state index in [1.807, 2.05) is 60.7 Å². The Labute approximate surface area is 208 Å². The maximum atomic E-state index is 13.1. The number of nitrogens with one attached hydrogen (secondary N) is 2. The molecule has 1 unspecified atom stereocenters. The Morgan fingerprint density at radius 1 is 0.914 bits per heavy atom. The first-order valence-corrected chi connectivity index (χ1v) is 12.3. The van der Waals surface area contributed by atoms with Crippen LogP contribution in [0.5, 0.6) is 0 Å². The molecule has 0 spiro atoms. The average molecular weight is 493 g/mol. The molecule has 8 nitrogen and oxygen atoms in total. The van der Waals surface area contributed by atoms with Crippen molar-refractivity contribution in [3.05, 3.63) is 84.2 Å². The van der Waals surface area contributed by atoms with Crippen molar-refractivity contribution in [2.24, 2.45) is 0 Å². The van der Waals surface area contributed by atoms with E-state index >= 15 is 0 Å². The van der Waals surface area contributed by atoms with Gasteiger partial charge in [0.2, 0.25) is 11.8 Å². The van der Waals surface area contributed by atoms with E-state index in [-0.39, 0.29) is 12.3 Å². The minimum absolute atomic E-state index is 0.150. The lowest BCUT2D eigenvalue weighted by Crippen LogP contribution is -2.53. The maximum Gasteiger partial charge on any atom is 0.329 e. The summed E-state index contributed by atoms with van der Waals surface area (Å²) in [7, 11) is 1.28. The number of rotatable bonds is 11. The molecule has 0 saturated carbocycles. The zero-order chi connectivity index (χ0) is 25.0. The molecule has 35 heavy (non-hydrogen) atoms. The fourth-order valence-electron chi connectivity index (χ4n) is 3.37. The molecule has 2 aromatic heterocycles. The van der Waals surface area contributed by atoms with Gasteiger partial charge in [-0.3, -0.25) is 19.6 Å². The van der Waals surface area contributed by atoms with Gasteiger partial charge in [0.25, 0.3) is 0 Å². The van der Waals surface area contributed by atoms with Gasteiger partial charge in [0, 0.05) is 36.7 Å². The molecule has 2 heterocycles. The molecule has 0 bridgehead atoms. The van der Waals surface area contributed by atoms with Crippen LogP contribution in [0, 0.1) is 0 Å². The number of ether oxygens (including phenoxy) is 1. The van der Waals surface area contributed by atoms with Gasteiger partial charge in [0.05, 0.1) is 18.5 Å². The first-order chi connectivity index (χ1) is 17.0. The standard InChI is InChI=1S/C26H28N4O4S/c1-18(31)28-23(15-20-11-8-13-22(29-20)21-12-6-7-14-27-21)25(32)30-24(26(33)34-2)17-35-16-19-9-4-3-5-10-19/h3-14,23-24H,15-17H2,1-2H3,(H,28,31)(H,30,32)/t23?,24-/m0/s1. The molecule has 1 aromatic carbocycles. The summed E-state index contributed by atoms with van der Waals surface area (Å²) in [6.07, 6.45) is 1.83. The van der Waals surface area contributed by atoms with Gasteiger partial charge in [-0.15, -0.1) is 0 Å². The lowest BCUT2D eigenvalue weighted by molar-refractivity contribution is -0.144. The van der Waals surface area contributed by atoms with Crippen molar-refractivity contribution in [2.75, 3.05) is 12.9 Å². The summed E-state index contributed by atoms with van der Waals surface area (Å²) in [6.45, 7) is 1.34. The molecule has 2 atom stereocenters. The van der Waals surface area contributed by atoms with E-state index in [0.29, 0.717) is 28.6 Å². The van der Waals surface area contributed by atoms with Crippen molar-refractivity contribution in [2.45, 2.75) is 31.2 Å². The van der Waals surface area contributed by atoms with Crippen molar-refractivity contribution in [1.82, 2.24) is 20.6 Å². The summed E-state index contributed by atoms with van der Waals surface area (Å²) >= 11 is 1.51. The Bertz CT molecular complexity index is 1130. The highest BCUT2D eigenvalue weighted by atomic mass is 32.2. The first-order valence-electron chi connectivity index (χ1n) is 11.1. The van der Waals surface area contributed by atoms with E-state index in [9.17, 15) is 14.4 Å². The van der Waals surface area contributed by atoms with Crippen LogP contribution in [0.3, 0.4) is 0 Å². The highest BCUT2D eigenvalue weighted by Gasteiger charge is 2.27. The van der Waals surface area contributed by atoms with E-state index in [1.165, 1.54) is 25.8 Å². The number of amides is 2. The van der Waals surface area contributed by atoms with Gasteiger partial charge in [-0.2, -0.15) is 11.8 Å². The normalized spacial score (nSPS) is 12.3. The molecule has 0 aliphatic carbocycles. The topological polar surface area (TPSA) is 110 Å². The predicted octanol–water partition coefficient (Wildman–Crippen LogP) is 2.78. The van der Waals surface area contributed by atoms with Crippen molar-refractivity contribution < 1.29 is 19.1 Å². The molecule has 2 N–H and O–H groups in total. The van der Waals surface area contributed by atoms with Crippen LogP contribution in [0.1, 0.15) is 18.2 Å². The number of thioether (sulfide) groups is 1. The lowest BCUT2D eigenvalue weighted by Gasteiger charge is -2.22. The summed E-state index contributed by atoms with van der Waals surface area (Å²) in [5.41, 5.74) is 3.09. The quantitative estimate of drug-likeness (QED) is 0.396. The maximum absolute atomic E-state index is 13.1. The zero-order valence-corrected chi connectivity index (χ0v) is 20.5. The number of benzene rings is 1. The molecule has 182 valence electrons. The number of hydrogen-bond acceptors (Lipinski definition) is 7. The fraction of sp³-hybridized carbons (Fsp3) is 0.269. The highest BCUT2D eigenvalue weighted by molar-refractivity contribution is 7.98. The third-order valence-corrected chi connectivity index (χ3v) is 6.15. The molecule has 3 rings (SSSR count).